The average Bonchev–Trinajstić information content (AvgIpc) is 2.75. The third-order valence-electron chi connectivity index (χ3n) is 5.05. The minimum Gasteiger partial charge on any atom is -0.466 e. The molecule has 1 rings (SSSR count). The van der Waals surface area contributed by atoms with E-state index in [9.17, 15) is 4.79 Å². The summed E-state index contributed by atoms with van der Waals surface area (Å²) in [5.74, 6) is -0.0382. The molecule has 0 atom stereocenters. The van der Waals surface area contributed by atoms with Crippen molar-refractivity contribution in [2.45, 2.75) is 96.8 Å². The molecule has 0 N–H and O–H groups in total. The zero-order valence-corrected chi connectivity index (χ0v) is 18.6. The highest BCUT2D eigenvalue weighted by Gasteiger charge is 2.02. The van der Waals surface area contributed by atoms with Gasteiger partial charge in [-0.3, -0.25) is 4.79 Å². The molecule has 0 aliphatic rings. The van der Waals surface area contributed by atoms with Crippen molar-refractivity contribution >= 4 is 5.97 Å². The second-order valence-corrected chi connectivity index (χ2v) is 7.79. The first-order chi connectivity index (χ1) is 14.3. The quantitative estimate of drug-likeness (QED) is 0.142. The topological polar surface area (TPSA) is 26.3 Å². The smallest absolute Gasteiger partial charge is 0.305 e. The maximum atomic E-state index is 11.8. The normalized spacial score (nSPS) is 11.5. The number of esters is 1. The van der Waals surface area contributed by atoms with Gasteiger partial charge in [-0.15, -0.1) is 0 Å². The molecule has 0 aromatic heterocycles. The number of ether oxygens (including phenoxy) is 1. The van der Waals surface area contributed by atoms with Gasteiger partial charge in [-0.2, -0.15) is 0 Å². The molecule has 2 heteroatoms. The first-order valence-electron chi connectivity index (χ1n) is 11.8. The number of unbranched alkanes of at least 4 members (excludes halogenated alkanes) is 8. The molecule has 2 nitrogen and oxygen atoms in total. The first-order valence-corrected chi connectivity index (χ1v) is 11.8. The molecule has 0 aliphatic heterocycles. The van der Waals surface area contributed by atoms with E-state index < -0.39 is 0 Å². The van der Waals surface area contributed by atoms with Crippen LogP contribution in [0.5, 0.6) is 0 Å². The van der Waals surface area contributed by atoms with Crippen LogP contribution in [0.4, 0.5) is 0 Å². The molecule has 0 saturated heterocycles. The summed E-state index contributed by atoms with van der Waals surface area (Å²) >= 11 is 0. The summed E-state index contributed by atoms with van der Waals surface area (Å²) in [4.78, 5) is 11.8. The molecule has 29 heavy (non-hydrogen) atoms. The molecule has 0 spiro atoms. The number of carbonyl (C=O) groups is 1. The highest BCUT2D eigenvalue weighted by molar-refractivity contribution is 5.69. The van der Waals surface area contributed by atoms with Gasteiger partial charge in [0.1, 0.15) is 0 Å². The standard InChI is InChI=1S/C27H42O2/c1-2-3-4-5-6-7-8-9-10-11-12-13-14-15-19-24-27(28)29-25-20-23-26-21-17-16-18-22-26/h6-7,9-10,16-18,21-22H,2-5,8,11-15,19-20,23-25H2,1H3/b7-6-,10-9-. The third kappa shape index (κ3) is 16.8. The van der Waals surface area contributed by atoms with Crippen LogP contribution in [-0.4, -0.2) is 12.6 Å². The van der Waals surface area contributed by atoms with Crippen molar-refractivity contribution in [1.82, 2.24) is 0 Å². The fourth-order valence-corrected chi connectivity index (χ4v) is 3.26. The second kappa shape index (κ2) is 19.5. The van der Waals surface area contributed by atoms with Crippen molar-refractivity contribution in [2.75, 3.05) is 6.61 Å². The summed E-state index contributed by atoms with van der Waals surface area (Å²) in [6, 6.07) is 10.3. The van der Waals surface area contributed by atoms with Gasteiger partial charge in [-0.25, -0.2) is 0 Å². The van der Waals surface area contributed by atoms with Gasteiger partial charge in [0.2, 0.25) is 0 Å². The molecule has 0 fully saturated rings. The van der Waals surface area contributed by atoms with Crippen molar-refractivity contribution in [2.24, 2.45) is 0 Å². The number of hydrogen-bond acceptors (Lipinski definition) is 2. The summed E-state index contributed by atoms with van der Waals surface area (Å²) in [6.45, 7) is 2.78. The molecule has 0 bridgehead atoms. The van der Waals surface area contributed by atoms with Gasteiger partial charge in [0.15, 0.2) is 0 Å². The van der Waals surface area contributed by atoms with Gasteiger partial charge in [-0.05, 0) is 56.9 Å². The van der Waals surface area contributed by atoms with Crippen molar-refractivity contribution < 1.29 is 9.53 Å². The molecule has 0 heterocycles. The van der Waals surface area contributed by atoms with Crippen LogP contribution in [0, 0.1) is 0 Å². The lowest BCUT2D eigenvalue weighted by Crippen LogP contribution is -2.06. The molecule has 1 aromatic carbocycles. The Bertz CT molecular complexity index is 545. The Hall–Kier alpha value is -1.83. The largest absolute Gasteiger partial charge is 0.466 e. The van der Waals surface area contributed by atoms with E-state index in [1.54, 1.807) is 0 Å². The van der Waals surface area contributed by atoms with E-state index in [4.69, 9.17) is 4.74 Å². The lowest BCUT2D eigenvalue weighted by molar-refractivity contribution is -0.143. The Balaban J connectivity index is 1.83. The fraction of sp³-hybridized carbons (Fsp3) is 0.593. The lowest BCUT2D eigenvalue weighted by atomic mass is 10.1. The molecule has 0 radical (unpaired) electrons. The Kier molecular flexibility index (Phi) is 16.9. The number of hydrogen-bond donors (Lipinski definition) is 0. The van der Waals surface area contributed by atoms with Crippen LogP contribution in [0.1, 0.15) is 96.0 Å². The van der Waals surface area contributed by atoms with E-state index in [2.05, 4.69) is 43.4 Å². The number of allylic oxidation sites excluding steroid dienone is 4. The van der Waals surface area contributed by atoms with Gasteiger partial charge in [0, 0.05) is 6.42 Å². The van der Waals surface area contributed by atoms with Crippen molar-refractivity contribution in [3.05, 3.63) is 60.2 Å². The summed E-state index contributed by atoms with van der Waals surface area (Å²) in [5.41, 5.74) is 1.30. The molecule has 0 unspecified atom stereocenters. The zero-order valence-electron chi connectivity index (χ0n) is 18.6. The van der Waals surface area contributed by atoms with Crippen LogP contribution in [0.2, 0.25) is 0 Å². The Morgan fingerprint density at radius 2 is 1.45 bits per heavy atom. The summed E-state index contributed by atoms with van der Waals surface area (Å²) < 4.78 is 5.33. The molecule has 0 aliphatic carbocycles. The molecular formula is C27H42O2. The van der Waals surface area contributed by atoms with Crippen LogP contribution in [-0.2, 0) is 16.0 Å². The van der Waals surface area contributed by atoms with Crippen LogP contribution >= 0.6 is 0 Å². The van der Waals surface area contributed by atoms with E-state index in [-0.39, 0.29) is 5.97 Å². The van der Waals surface area contributed by atoms with Crippen molar-refractivity contribution in [3.8, 4) is 0 Å². The van der Waals surface area contributed by atoms with E-state index in [1.165, 1.54) is 56.9 Å². The Morgan fingerprint density at radius 3 is 2.17 bits per heavy atom. The van der Waals surface area contributed by atoms with Crippen LogP contribution < -0.4 is 0 Å². The van der Waals surface area contributed by atoms with E-state index >= 15 is 0 Å². The van der Waals surface area contributed by atoms with Crippen molar-refractivity contribution in [3.63, 3.8) is 0 Å². The van der Waals surface area contributed by atoms with Crippen LogP contribution in [0.25, 0.3) is 0 Å². The lowest BCUT2D eigenvalue weighted by Gasteiger charge is -2.05. The highest BCUT2D eigenvalue weighted by atomic mass is 16.5. The third-order valence-corrected chi connectivity index (χ3v) is 5.05. The first kappa shape index (κ1) is 25.2. The number of aryl methyl sites for hydroxylation is 1. The predicted octanol–water partition coefficient (Wildman–Crippen LogP) is 7.98. The molecule has 1 aromatic rings. The molecule has 162 valence electrons. The SMILES string of the molecule is CCCCC/C=C\C/C=C\CCCCCCCC(=O)OCCCc1ccccc1. The highest BCUT2D eigenvalue weighted by Crippen LogP contribution is 2.09. The molecule has 0 amide bonds. The monoisotopic (exact) mass is 398 g/mol. The molecule has 0 saturated carbocycles. The van der Waals surface area contributed by atoms with Gasteiger partial charge in [0.25, 0.3) is 0 Å². The van der Waals surface area contributed by atoms with E-state index in [0.717, 1.165) is 32.1 Å². The summed E-state index contributed by atoms with van der Waals surface area (Å²) in [6.07, 6.45) is 24.9. The maximum absolute atomic E-state index is 11.8. The van der Waals surface area contributed by atoms with Gasteiger partial charge in [0.05, 0.1) is 6.61 Å². The Morgan fingerprint density at radius 1 is 0.793 bits per heavy atom. The second-order valence-electron chi connectivity index (χ2n) is 7.79. The van der Waals surface area contributed by atoms with Crippen molar-refractivity contribution in [1.29, 1.82) is 0 Å². The van der Waals surface area contributed by atoms with Gasteiger partial charge >= 0.3 is 5.97 Å². The maximum Gasteiger partial charge on any atom is 0.305 e. The Labute approximate surface area is 179 Å². The molecular weight excluding hydrogens is 356 g/mol. The number of benzene rings is 1. The van der Waals surface area contributed by atoms with E-state index in [0.29, 0.717) is 13.0 Å². The minimum absolute atomic E-state index is 0.0382. The van der Waals surface area contributed by atoms with Gasteiger partial charge < -0.3 is 4.74 Å². The number of carbonyl (C=O) groups excluding carboxylic acids is 1. The van der Waals surface area contributed by atoms with Crippen LogP contribution in [0.15, 0.2) is 54.6 Å². The summed E-state index contributed by atoms with van der Waals surface area (Å²) in [7, 11) is 0. The summed E-state index contributed by atoms with van der Waals surface area (Å²) in [5, 5.41) is 0. The minimum atomic E-state index is -0.0382. The van der Waals surface area contributed by atoms with Crippen LogP contribution in [0.3, 0.4) is 0 Å². The predicted molar refractivity (Wildman–Crippen MR) is 125 cm³/mol. The zero-order chi connectivity index (χ0) is 20.8. The number of rotatable bonds is 18. The van der Waals surface area contributed by atoms with E-state index in [1.807, 2.05) is 18.2 Å². The van der Waals surface area contributed by atoms with Gasteiger partial charge in [-0.1, -0.05) is 93.7 Å². The average molecular weight is 399 g/mol. The fourth-order valence-electron chi connectivity index (χ4n) is 3.26.